The molecule has 6 aromatic heterocycles. The fraction of sp³-hybridized carbons (Fsp3) is 0.370. The van der Waals surface area contributed by atoms with Crippen LogP contribution in [0.25, 0.3) is 101 Å². The molecule has 2 amide bonds. The van der Waals surface area contributed by atoms with Crippen LogP contribution < -0.4 is 5.32 Å². The smallest absolute Gasteiger partial charge is 0.410 e. The molecule has 0 unspecified atom stereocenters. The summed E-state index contributed by atoms with van der Waals surface area (Å²) in [7, 11) is 5.88. The molecule has 0 aliphatic carbocycles. The van der Waals surface area contributed by atoms with Gasteiger partial charge in [-0.15, -0.1) is 58.8 Å². The second kappa shape index (κ2) is 27.5. The third-order valence-electron chi connectivity index (χ3n) is 17.4. The molecule has 2 fully saturated rings. The number of aryl methyl sites for hydroxylation is 6. The van der Waals surface area contributed by atoms with E-state index in [0.29, 0.717) is 24.9 Å². The van der Waals surface area contributed by atoms with Crippen molar-refractivity contribution in [2.75, 3.05) is 39.3 Å². The minimum absolute atomic E-state index is 0. The van der Waals surface area contributed by atoms with E-state index in [2.05, 4.69) is 151 Å². The lowest BCUT2D eigenvalue weighted by molar-refractivity contribution is 0.0203. The monoisotopic (exact) mass is 1360 g/mol. The van der Waals surface area contributed by atoms with Gasteiger partial charge in [-0.25, -0.2) is 24.5 Å². The molecule has 12 aromatic rings. The standard InChI is InChI=1S/C26H30N4O2S.C26H28N4O2S.C21H22N4S.2ClH/c2*1-16-12-19(13-20-15-29(5)28-23(16)20)24-27-21-7-6-18(14-22(21)33-24)17-8-10-30(11-9-17)25(31)32-26(2,3)4;1-13-9-16(10-17-12-25(2)24-20(13)17)21-23-18-4-3-15(11-19(18)26-21)14-5-7-22-8-6-14;;/h6-7,12-15,17H,8-11H2,1-5H3;6-8,12-15H,9-11H2,1-5H3;3-4,9-12,14,22H,5-8H2,1-2H3;2*1H. The molecule has 3 aliphatic rings. The normalized spacial score (nSPS) is 15.0. The number of benzene rings is 6. The predicted molar refractivity (Wildman–Crippen MR) is 392 cm³/mol. The number of likely N-dealkylation sites (tertiary alicyclic amines) is 1. The first-order valence-corrected chi connectivity index (χ1v) is 34.4. The van der Waals surface area contributed by atoms with Gasteiger partial charge in [-0.1, -0.05) is 24.3 Å². The van der Waals surface area contributed by atoms with E-state index in [-0.39, 0.29) is 37.0 Å². The fourth-order valence-electron chi connectivity index (χ4n) is 12.8. The molecule has 15 rings (SSSR count). The third-order valence-corrected chi connectivity index (χ3v) is 20.6. The van der Waals surface area contributed by atoms with Gasteiger partial charge >= 0.3 is 12.2 Å². The Labute approximate surface area is 573 Å². The van der Waals surface area contributed by atoms with Crippen molar-refractivity contribution in [3.63, 3.8) is 0 Å². The molecule has 0 radical (unpaired) electrons. The van der Waals surface area contributed by atoms with Crippen molar-refractivity contribution in [1.29, 1.82) is 0 Å². The zero-order valence-corrected chi connectivity index (χ0v) is 59.6. The number of nitrogens with zero attached hydrogens (tertiary/aromatic N) is 11. The van der Waals surface area contributed by atoms with Crippen LogP contribution in [0.4, 0.5) is 9.59 Å². The maximum absolute atomic E-state index is 12.4. The number of thiazole rings is 3. The zero-order chi connectivity index (χ0) is 64.3. The van der Waals surface area contributed by atoms with Gasteiger partial charge in [0, 0.05) is 98.8 Å². The van der Waals surface area contributed by atoms with Crippen LogP contribution in [0.15, 0.2) is 116 Å². The Morgan fingerprint density at radius 1 is 0.489 bits per heavy atom. The fourth-order valence-corrected chi connectivity index (χ4v) is 15.8. The first kappa shape index (κ1) is 67.6. The van der Waals surface area contributed by atoms with Gasteiger partial charge in [-0.05, 0) is 231 Å². The van der Waals surface area contributed by atoms with E-state index in [1.807, 2.05) is 87.8 Å². The van der Waals surface area contributed by atoms with Crippen molar-refractivity contribution in [2.45, 2.75) is 117 Å². The van der Waals surface area contributed by atoms with Crippen LogP contribution in [0.3, 0.4) is 0 Å². The van der Waals surface area contributed by atoms with E-state index < -0.39 is 11.2 Å². The number of nitrogens with one attached hydrogen (secondary N) is 1. The van der Waals surface area contributed by atoms with Gasteiger partial charge in [0.1, 0.15) is 26.2 Å². The molecule has 9 heterocycles. The van der Waals surface area contributed by atoms with E-state index in [1.165, 1.54) is 71.3 Å². The Hall–Kier alpha value is -7.78. The van der Waals surface area contributed by atoms with Crippen molar-refractivity contribution in [2.24, 2.45) is 21.1 Å². The van der Waals surface area contributed by atoms with Crippen molar-refractivity contribution < 1.29 is 19.1 Å². The molecule has 94 heavy (non-hydrogen) atoms. The van der Waals surface area contributed by atoms with Crippen LogP contribution in [-0.2, 0) is 30.6 Å². The number of carbonyl (C=O) groups excluding carboxylic acids is 2. The van der Waals surface area contributed by atoms with Crippen LogP contribution in [0.5, 0.6) is 0 Å². The Morgan fingerprint density at radius 3 is 1.29 bits per heavy atom. The molecule has 0 saturated carbocycles. The second-order valence-electron chi connectivity index (χ2n) is 27.0. The minimum atomic E-state index is -0.476. The van der Waals surface area contributed by atoms with Gasteiger partial charge in [0.2, 0.25) is 0 Å². The second-order valence-corrected chi connectivity index (χ2v) is 30.1. The summed E-state index contributed by atoms with van der Waals surface area (Å²) in [6.07, 6.45) is 13.0. The van der Waals surface area contributed by atoms with E-state index in [1.54, 1.807) is 38.9 Å². The van der Waals surface area contributed by atoms with Gasteiger partial charge in [0.15, 0.2) is 0 Å². The molecule has 3 aliphatic heterocycles. The van der Waals surface area contributed by atoms with E-state index in [9.17, 15) is 9.59 Å². The molecule has 0 atom stereocenters. The maximum Gasteiger partial charge on any atom is 0.410 e. The first-order valence-electron chi connectivity index (χ1n) is 31.9. The van der Waals surface area contributed by atoms with Crippen molar-refractivity contribution in [3.05, 3.63) is 149 Å². The summed E-state index contributed by atoms with van der Waals surface area (Å²) in [5, 5.41) is 23.7. The minimum Gasteiger partial charge on any atom is -0.444 e. The van der Waals surface area contributed by atoms with E-state index >= 15 is 0 Å². The van der Waals surface area contributed by atoms with Crippen LogP contribution in [0.2, 0.25) is 0 Å². The van der Waals surface area contributed by atoms with Gasteiger partial charge in [0.05, 0.1) is 47.2 Å². The molecule has 490 valence electrons. The Bertz CT molecular complexity index is 4820. The SMILES string of the molecule is Cc1cc(-c2nc3ccc(C4=CCN(C(=O)OC(C)(C)C)CC4)cc3s2)cc2cn(C)nc12.Cc1cc(-c2nc3ccc(C4CCN(C(=O)OC(C)(C)C)CC4)cc3s2)cc2cn(C)nc12.Cc1cc(-c2nc3ccc(C4CCNCC4)cc3s2)cc2cn(C)nc12.Cl.Cl. The summed E-state index contributed by atoms with van der Waals surface area (Å²) in [5.74, 6) is 1.13. The molecular weight excluding hydrogens is 1280 g/mol. The molecule has 6 aromatic carbocycles. The van der Waals surface area contributed by atoms with Crippen molar-refractivity contribution in [3.8, 4) is 31.7 Å². The zero-order valence-electron chi connectivity index (χ0n) is 55.5. The van der Waals surface area contributed by atoms with Crippen LogP contribution in [0.1, 0.15) is 119 Å². The highest BCUT2D eigenvalue weighted by Gasteiger charge is 2.29. The molecule has 16 nitrogen and oxygen atoms in total. The number of rotatable bonds is 6. The third kappa shape index (κ3) is 15.0. The van der Waals surface area contributed by atoms with Crippen LogP contribution in [0, 0.1) is 20.8 Å². The number of piperidine rings is 2. The highest BCUT2D eigenvalue weighted by molar-refractivity contribution is 7.22. The maximum atomic E-state index is 12.4. The number of carbonyl (C=O) groups is 2. The van der Waals surface area contributed by atoms with Gasteiger partial charge < -0.3 is 24.6 Å². The average Bonchev–Trinajstić information content (AvgIpc) is 1.65. The largest absolute Gasteiger partial charge is 0.444 e. The molecule has 1 N–H and O–H groups in total. The molecule has 2 saturated heterocycles. The summed E-state index contributed by atoms with van der Waals surface area (Å²) in [5.41, 5.74) is 17.6. The molecule has 21 heteroatoms. The summed E-state index contributed by atoms with van der Waals surface area (Å²) in [4.78, 5) is 43.0. The number of ether oxygens (including phenoxy) is 2. The summed E-state index contributed by atoms with van der Waals surface area (Å²) >= 11 is 5.25. The van der Waals surface area contributed by atoms with Crippen molar-refractivity contribution in [1.82, 2.24) is 59.4 Å². The summed E-state index contributed by atoms with van der Waals surface area (Å²) in [6, 6.07) is 33.0. The highest BCUT2D eigenvalue weighted by atomic mass is 35.5. The van der Waals surface area contributed by atoms with E-state index in [0.717, 1.165) is 121 Å². The predicted octanol–water partition coefficient (Wildman–Crippen LogP) is 17.9. The quantitative estimate of drug-likeness (QED) is 0.169. The number of amides is 2. The Kier molecular flexibility index (Phi) is 19.8. The Morgan fingerprint density at radius 2 is 0.883 bits per heavy atom. The lowest BCUT2D eigenvalue weighted by Crippen LogP contribution is -2.41. The number of halogens is 2. The Balaban J connectivity index is 0.000000143. The molecular formula is C73H82Cl2N12O4S3. The van der Waals surface area contributed by atoms with Gasteiger partial charge in [-0.3, -0.25) is 14.0 Å². The molecule has 0 spiro atoms. The summed E-state index contributed by atoms with van der Waals surface area (Å²) in [6.45, 7) is 22.7. The van der Waals surface area contributed by atoms with Gasteiger partial charge in [0.25, 0.3) is 0 Å². The van der Waals surface area contributed by atoms with Crippen LogP contribution >= 0.6 is 58.8 Å². The summed E-state index contributed by atoms with van der Waals surface area (Å²) < 4.78 is 20.3. The molecule has 0 bridgehead atoms. The van der Waals surface area contributed by atoms with Crippen LogP contribution in [-0.4, -0.2) is 117 Å². The lowest BCUT2D eigenvalue weighted by Gasteiger charge is -2.33. The number of aromatic nitrogens is 9. The van der Waals surface area contributed by atoms with Gasteiger partial charge in [-0.2, -0.15) is 15.3 Å². The first-order chi connectivity index (χ1) is 44.0. The number of fused-ring (bicyclic) bond motifs is 6. The number of hydrogen-bond acceptors (Lipinski definition) is 14. The number of hydrogen-bond donors (Lipinski definition) is 1. The topological polar surface area (TPSA) is 163 Å². The average molecular weight is 1360 g/mol. The van der Waals surface area contributed by atoms with E-state index in [4.69, 9.17) is 24.4 Å². The highest BCUT2D eigenvalue weighted by Crippen LogP contribution is 2.40. The lowest BCUT2D eigenvalue weighted by atomic mass is 9.89. The van der Waals surface area contributed by atoms with Crippen molar-refractivity contribution >= 4 is 140 Å².